The Morgan fingerprint density at radius 1 is 0.404 bits per heavy atom. The molecule has 3 heteroatoms. The summed E-state index contributed by atoms with van der Waals surface area (Å²) in [5, 5.41) is 7.61. The number of rotatable bonds is 11. The van der Waals surface area contributed by atoms with Crippen molar-refractivity contribution in [3.8, 4) is 0 Å². The largest absolute Gasteiger partial charge is 0.310 e. The summed E-state index contributed by atoms with van der Waals surface area (Å²) in [5.41, 5.74) is 13.9. The quantitative estimate of drug-likeness (QED) is 0.121. The van der Waals surface area contributed by atoms with E-state index in [4.69, 9.17) is 0 Å². The highest BCUT2D eigenvalue weighted by atomic mass is 19.1. The average Bonchev–Trinajstić information content (AvgIpc) is 3.21. The Morgan fingerprint density at radius 2 is 0.737 bits per heavy atom. The standard InChI is InChI=1S/C54H55FN2/c1-33(2)39-14-22-43(23-15-39)56(41-18-10-37(9)11-19-41)51-30-49(35(5)6)45-27-29-48-52(31-50(36(7)8)46-26-28-47(51)53(45)54(46)48)57(42-20-12-38(32-55)13-21-42)44-24-16-40(17-25-44)34(3)4/h10-31,33-36H,32H2,1-9H3. The molecule has 0 atom stereocenters. The summed E-state index contributed by atoms with van der Waals surface area (Å²) in [6, 6.07) is 49.3. The Morgan fingerprint density at radius 3 is 1.07 bits per heavy atom. The van der Waals surface area contributed by atoms with Crippen LogP contribution in [0.3, 0.4) is 0 Å². The lowest BCUT2D eigenvalue weighted by Gasteiger charge is -2.32. The van der Waals surface area contributed by atoms with Crippen molar-refractivity contribution in [1.82, 2.24) is 0 Å². The summed E-state index contributed by atoms with van der Waals surface area (Å²) in [7, 11) is 0. The lowest BCUT2D eigenvalue weighted by molar-refractivity contribution is 0.485. The second kappa shape index (κ2) is 15.3. The normalized spacial score (nSPS) is 12.0. The molecule has 0 unspecified atom stereocenters. The number of alkyl halides is 1. The Kier molecular flexibility index (Phi) is 10.3. The van der Waals surface area contributed by atoms with Crippen LogP contribution in [0.5, 0.6) is 0 Å². The fourth-order valence-corrected chi connectivity index (χ4v) is 8.63. The maximum Gasteiger partial charge on any atom is 0.115 e. The molecule has 0 amide bonds. The van der Waals surface area contributed by atoms with E-state index >= 15 is 0 Å². The van der Waals surface area contributed by atoms with Crippen molar-refractivity contribution < 1.29 is 4.39 Å². The topological polar surface area (TPSA) is 6.48 Å². The fraction of sp³-hybridized carbons (Fsp3) is 0.259. The van der Waals surface area contributed by atoms with E-state index in [-0.39, 0.29) is 5.92 Å². The van der Waals surface area contributed by atoms with Crippen LogP contribution < -0.4 is 9.80 Å². The summed E-state index contributed by atoms with van der Waals surface area (Å²) < 4.78 is 13.9. The molecule has 0 aliphatic carbocycles. The lowest BCUT2D eigenvalue weighted by Crippen LogP contribution is -2.13. The number of hydrogen-bond acceptors (Lipinski definition) is 2. The van der Waals surface area contributed by atoms with Crippen LogP contribution in [-0.4, -0.2) is 0 Å². The van der Waals surface area contributed by atoms with E-state index in [0.717, 1.165) is 28.4 Å². The average molecular weight is 751 g/mol. The molecule has 288 valence electrons. The molecule has 0 aliphatic rings. The molecule has 8 rings (SSSR count). The van der Waals surface area contributed by atoms with Gasteiger partial charge < -0.3 is 9.80 Å². The molecule has 2 nitrogen and oxygen atoms in total. The number of benzene rings is 8. The first-order chi connectivity index (χ1) is 27.4. The number of hydrogen-bond donors (Lipinski definition) is 0. The van der Waals surface area contributed by atoms with Gasteiger partial charge >= 0.3 is 0 Å². The van der Waals surface area contributed by atoms with E-state index in [1.165, 1.54) is 65.8 Å². The maximum absolute atomic E-state index is 13.9. The fourth-order valence-electron chi connectivity index (χ4n) is 8.63. The van der Waals surface area contributed by atoms with Crippen LogP contribution in [0, 0.1) is 6.92 Å². The van der Waals surface area contributed by atoms with Crippen LogP contribution >= 0.6 is 0 Å². The van der Waals surface area contributed by atoms with Gasteiger partial charge in [0.25, 0.3) is 0 Å². The number of anilines is 6. The van der Waals surface area contributed by atoms with Crippen LogP contribution in [0.2, 0.25) is 0 Å². The van der Waals surface area contributed by atoms with Crippen molar-refractivity contribution in [2.75, 3.05) is 9.80 Å². The van der Waals surface area contributed by atoms with Crippen molar-refractivity contribution in [3.63, 3.8) is 0 Å². The maximum atomic E-state index is 13.9. The van der Waals surface area contributed by atoms with Gasteiger partial charge in [-0.05, 0) is 141 Å². The smallest absolute Gasteiger partial charge is 0.115 e. The van der Waals surface area contributed by atoms with Gasteiger partial charge in [0.1, 0.15) is 6.67 Å². The van der Waals surface area contributed by atoms with Crippen LogP contribution in [0.1, 0.15) is 112 Å². The second-order valence-electron chi connectivity index (χ2n) is 17.1. The van der Waals surface area contributed by atoms with Gasteiger partial charge in [-0.2, -0.15) is 0 Å². The molecule has 0 aromatic heterocycles. The minimum Gasteiger partial charge on any atom is -0.310 e. The Hall–Kier alpha value is -5.67. The predicted octanol–water partition coefficient (Wildman–Crippen LogP) is 16.8. The molecule has 0 bridgehead atoms. The van der Waals surface area contributed by atoms with E-state index < -0.39 is 6.67 Å². The van der Waals surface area contributed by atoms with Crippen LogP contribution in [0.4, 0.5) is 38.5 Å². The molecule has 8 aromatic carbocycles. The molecular formula is C54H55FN2. The molecule has 0 aliphatic heterocycles. The van der Waals surface area contributed by atoms with E-state index in [2.05, 4.69) is 193 Å². The second-order valence-corrected chi connectivity index (χ2v) is 17.1. The molecule has 0 fully saturated rings. The molecule has 0 radical (unpaired) electrons. The SMILES string of the molecule is Cc1ccc(N(c2ccc(C(C)C)cc2)c2cc(C(C)C)c3ccc4c(N(c5ccc(CF)cc5)c5ccc(C(C)C)cc5)cc(C(C)C)c5ccc2c3c54)cc1. The monoisotopic (exact) mass is 750 g/mol. The molecular weight excluding hydrogens is 696 g/mol. The molecule has 0 saturated carbocycles. The van der Waals surface area contributed by atoms with Crippen molar-refractivity contribution >= 4 is 66.4 Å². The molecule has 0 N–H and O–H groups in total. The van der Waals surface area contributed by atoms with E-state index in [1.807, 2.05) is 12.1 Å². The Labute approximate surface area is 338 Å². The van der Waals surface area contributed by atoms with E-state index in [9.17, 15) is 4.39 Å². The minimum absolute atomic E-state index is 0.278. The Balaban J connectivity index is 1.48. The number of aryl methyl sites for hydroxylation is 1. The van der Waals surface area contributed by atoms with Gasteiger partial charge in [-0.3, -0.25) is 0 Å². The first kappa shape index (κ1) is 38.2. The first-order valence-corrected chi connectivity index (χ1v) is 20.7. The van der Waals surface area contributed by atoms with E-state index in [0.29, 0.717) is 23.3 Å². The number of nitrogens with zero attached hydrogens (tertiary/aromatic N) is 2. The summed E-state index contributed by atoms with van der Waals surface area (Å²) >= 11 is 0. The molecule has 0 heterocycles. The molecule has 0 spiro atoms. The molecule has 57 heavy (non-hydrogen) atoms. The van der Waals surface area contributed by atoms with Gasteiger partial charge in [-0.25, -0.2) is 4.39 Å². The van der Waals surface area contributed by atoms with Crippen molar-refractivity contribution in [1.29, 1.82) is 0 Å². The van der Waals surface area contributed by atoms with Crippen molar-refractivity contribution in [3.05, 3.63) is 167 Å². The van der Waals surface area contributed by atoms with Crippen LogP contribution in [0.15, 0.2) is 133 Å². The summed E-state index contributed by atoms with van der Waals surface area (Å²) in [6.45, 7) is 19.9. The third-order valence-electron chi connectivity index (χ3n) is 11.9. The minimum atomic E-state index is -0.485. The van der Waals surface area contributed by atoms with Gasteiger partial charge in [0.2, 0.25) is 0 Å². The highest BCUT2D eigenvalue weighted by Crippen LogP contribution is 2.51. The third kappa shape index (κ3) is 6.92. The van der Waals surface area contributed by atoms with Gasteiger partial charge in [0.15, 0.2) is 0 Å². The van der Waals surface area contributed by atoms with Gasteiger partial charge in [0.05, 0.1) is 11.4 Å². The summed E-state index contributed by atoms with van der Waals surface area (Å²) in [6.07, 6.45) is 0. The lowest BCUT2D eigenvalue weighted by atomic mass is 9.84. The molecule has 8 aromatic rings. The number of halogens is 1. The highest BCUT2D eigenvalue weighted by molar-refractivity contribution is 6.29. The van der Waals surface area contributed by atoms with E-state index in [1.54, 1.807) is 0 Å². The zero-order valence-electron chi connectivity index (χ0n) is 35.0. The zero-order valence-corrected chi connectivity index (χ0v) is 35.0. The Bertz CT molecular complexity index is 2650. The third-order valence-corrected chi connectivity index (χ3v) is 11.9. The summed E-state index contributed by atoms with van der Waals surface area (Å²) in [5.74, 6) is 1.45. The molecule has 0 saturated heterocycles. The van der Waals surface area contributed by atoms with Crippen LogP contribution in [0.25, 0.3) is 32.3 Å². The first-order valence-electron chi connectivity index (χ1n) is 20.7. The van der Waals surface area contributed by atoms with Gasteiger partial charge in [-0.1, -0.05) is 134 Å². The summed E-state index contributed by atoms with van der Waals surface area (Å²) in [4.78, 5) is 4.84. The zero-order chi connectivity index (χ0) is 40.1. The van der Waals surface area contributed by atoms with Crippen molar-refractivity contribution in [2.45, 2.75) is 92.7 Å². The highest BCUT2D eigenvalue weighted by Gasteiger charge is 2.26. The van der Waals surface area contributed by atoms with Gasteiger partial charge in [-0.15, -0.1) is 0 Å². The van der Waals surface area contributed by atoms with Crippen molar-refractivity contribution in [2.24, 2.45) is 0 Å². The van der Waals surface area contributed by atoms with Gasteiger partial charge in [0, 0.05) is 33.5 Å². The van der Waals surface area contributed by atoms with Crippen LogP contribution in [-0.2, 0) is 6.67 Å². The predicted molar refractivity (Wildman–Crippen MR) is 245 cm³/mol.